The van der Waals surface area contributed by atoms with Crippen molar-refractivity contribution in [1.82, 2.24) is 0 Å². The summed E-state index contributed by atoms with van der Waals surface area (Å²) >= 11 is 8.17. The largest absolute Gasteiger partial charge is 0.289 e. The Morgan fingerprint density at radius 2 is 1.89 bits per heavy atom. The lowest BCUT2D eigenvalue weighted by molar-refractivity contribution is 0.103. The molecule has 3 rings (SSSR count). The minimum absolute atomic E-state index is 0.000278. The monoisotopic (exact) mass is 274 g/mol. The summed E-state index contributed by atoms with van der Waals surface area (Å²) in [5, 5.41) is 0.631. The maximum atomic E-state index is 12.4. The average Bonchev–Trinajstić information content (AvgIpc) is 2.89. The molecule has 0 amide bonds. The fourth-order valence-electron chi connectivity index (χ4n) is 2.16. The fourth-order valence-corrected chi connectivity index (χ4v) is 3.62. The molecule has 1 nitrogen and oxygen atoms in total. The van der Waals surface area contributed by atoms with E-state index < -0.39 is 0 Å². The third-order valence-corrected chi connectivity index (χ3v) is 4.62. The maximum absolute atomic E-state index is 12.4. The number of hydrogen-bond donors (Lipinski definition) is 0. The van der Waals surface area contributed by atoms with Crippen molar-refractivity contribution in [3.63, 3.8) is 0 Å². The molecule has 0 saturated heterocycles. The van der Waals surface area contributed by atoms with Crippen molar-refractivity contribution in [2.24, 2.45) is 0 Å². The Labute approximate surface area is 115 Å². The zero-order chi connectivity index (χ0) is 12.5. The van der Waals surface area contributed by atoms with Crippen molar-refractivity contribution in [2.45, 2.75) is 11.3 Å². The highest BCUT2D eigenvalue weighted by molar-refractivity contribution is 7.99. The number of thioether (sulfide) groups is 1. The molecule has 0 spiro atoms. The van der Waals surface area contributed by atoms with Crippen LogP contribution in [0.15, 0.2) is 47.4 Å². The quantitative estimate of drug-likeness (QED) is 0.763. The Morgan fingerprint density at radius 1 is 1.11 bits per heavy atom. The summed E-state index contributed by atoms with van der Waals surface area (Å²) in [6.07, 6.45) is 0.953. The van der Waals surface area contributed by atoms with E-state index >= 15 is 0 Å². The van der Waals surface area contributed by atoms with Crippen LogP contribution < -0.4 is 0 Å². The molecular weight excluding hydrogens is 264 g/mol. The second-order valence-corrected chi connectivity index (χ2v) is 5.71. The van der Waals surface area contributed by atoms with Gasteiger partial charge >= 0.3 is 0 Å². The van der Waals surface area contributed by atoms with Crippen molar-refractivity contribution in [3.8, 4) is 0 Å². The van der Waals surface area contributed by atoms with Crippen LogP contribution in [-0.2, 0) is 6.42 Å². The van der Waals surface area contributed by atoms with Crippen LogP contribution in [0.2, 0.25) is 5.02 Å². The first-order valence-corrected chi connectivity index (χ1v) is 7.17. The third-order valence-electron chi connectivity index (χ3n) is 3.09. The van der Waals surface area contributed by atoms with Crippen LogP contribution in [0.25, 0.3) is 0 Å². The topological polar surface area (TPSA) is 17.1 Å². The van der Waals surface area contributed by atoms with Crippen LogP contribution >= 0.6 is 23.4 Å². The summed E-state index contributed by atoms with van der Waals surface area (Å²) in [5.41, 5.74) is 2.43. The smallest absolute Gasteiger partial charge is 0.194 e. The first kappa shape index (κ1) is 11.8. The molecule has 0 N–H and O–H groups in total. The zero-order valence-corrected chi connectivity index (χ0v) is 11.2. The molecule has 0 fully saturated rings. The van der Waals surface area contributed by atoms with Crippen LogP contribution in [0.5, 0.6) is 0 Å². The number of carbonyl (C=O) groups is 1. The van der Waals surface area contributed by atoms with E-state index in [2.05, 4.69) is 0 Å². The van der Waals surface area contributed by atoms with E-state index in [9.17, 15) is 4.79 Å². The molecule has 0 aromatic heterocycles. The number of hydrogen-bond acceptors (Lipinski definition) is 2. The molecule has 3 heteroatoms. The molecule has 1 aliphatic rings. The lowest BCUT2D eigenvalue weighted by Crippen LogP contribution is -2.03. The molecule has 1 aliphatic heterocycles. The highest BCUT2D eigenvalue weighted by Gasteiger charge is 2.20. The molecule has 90 valence electrons. The Balaban J connectivity index is 2.06. The Hall–Kier alpha value is -1.25. The van der Waals surface area contributed by atoms with Crippen molar-refractivity contribution >= 4 is 29.1 Å². The van der Waals surface area contributed by atoms with Crippen molar-refractivity contribution in [2.75, 3.05) is 5.75 Å². The summed E-state index contributed by atoms with van der Waals surface area (Å²) in [5.74, 6) is 1.05. The van der Waals surface area contributed by atoms with Gasteiger partial charge in [-0.2, -0.15) is 0 Å². The van der Waals surface area contributed by atoms with Crippen LogP contribution in [0.1, 0.15) is 21.5 Å². The second-order valence-electron chi connectivity index (χ2n) is 4.20. The van der Waals surface area contributed by atoms with E-state index in [-0.39, 0.29) is 5.78 Å². The van der Waals surface area contributed by atoms with Gasteiger partial charge in [-0.15, -0.1) is 11.8 Å². The van der Waals surface area contributed by atoms with Gasteiger partial charge in [0.05, 0.1) is 5.02 Å². The highest BCUT2D eigenvalue weighted by Crippen LogP contribution is 2.38. The molecule has 0 unspecified atom stereocenters. The average molecular weight is 275 g/mol. The summed E-state index contributed by atoms with van der Waals surface area (Å²) in [7, 11) is 0. The van der Waals surface area contributed by atoms with Gasteiger partial charge in [0.25, 0.3) is 0 Å². The molecule has 0 atom stereocenters. The van der Waals surface area contributed by atoms with E-state index in [4.69, 9.17) is 11.6 Å². The molecule has 2 aromatic carbocycles. The number of fused-ring (bicyclic) bond motifs is 1. The first-order chi connectivity index (χ1) is 8.77. The third kappa shape index (κ3) is 1.96. The lowest BCUT2D eigenvalue weighted by atomic mass is 10.0. The highest BCUT2D eigenvalue weighted by atomic mass is 35.5. The van der Waals surface area contributed by atoms with Crippen molar-refractivity contribution < 1.29 is 4.79 Å². The molecular formula is C15H11ClOS. The summed E-state index contributed by atoms with van der Waals surface area (Å²) in [4.78, 5) is 13.6. The van der Waals surface area contributed by atoms with E-state index in [0.717, 1.165) is 17.7 Å². The van der Waals surface area contributed by atoms with E-state index in [1.165, 1.54) is 4.90 Å². The predicted molar refractivity (Wildman–Crippen MR) is 75.8 cm³/mol. The van der Waals surface area contributed by atoms with E-state index in [1.807, 2.05) is 42.5 Å². The van der Waals surface area contributed by atoms with Gasteiger partial charge in [-0.1, -0.05) is 41.9 Å². The summed E-state index contributed by atoms with van der Waals surface area (Å²) in [6, 6.07) is 13.1. The minimum atomic E-state index is 0.000278. The number of carbonyl (C=O) groups excluding carboxylic acids is 1. The molecule has 1 heterocycles. The molecule has 0 saturated carbocycles. The van der Waals surface area contributed by atoms with Crippen LogP contribution in [0.4, 0.5) is 0 Å². The van der Waals surface area contributed by atoms with Gasteiger partial charge in [0.15, 0.2) is 5.78 Å². The molecule has 0 bridgehead atoms. The maximum Gasteiger partial charge on any atom is 0.194 e. The van der Waals surface area contributed by atoms with Crippen LogP contribution in [-0.4, -0.2) is 11.5 Å². The van der Waals surface area contributed by atoms with E-state index in [0.29, 0.717) is 16.1 Å². The van der Waals surface area contributed by atoms with Gasteiger partial charge in [0.1, 0.15) is 0 Å². The summed E-state index contributed by atoms with van der Waals surface area (Å²) in [6.45, 7) is 0. The van der Waals surface area contributed by atoms with Gasteiger partial charge in [0, 0.05) is 21.8 Å². The zero-order valence-electron chi connectivity index (χ0n) is 9.65. The minimum Gasteiger partial charge on any atom is -0.289 e. The molecule has 2 aromatic rings. The van der Waals surface area contributed by atoms with Crippen LogP contribution in [0, 0.1) is 0 Å². The van der Waals surface area contributed by atoms with Crippen molar-refractivity contribution in [3.05, 3.63) is 64.2 Å². The number of benzene rings is 2. The first-order valence-electron chi connectivity index (χ1n) is 5.81. The Kier molecular flexibility index (Phi) is 3.14. The summed E-state index contributed by atoms with van der Waals surface area (Å²) < 4.78 is 0. The molecule has 18 heavy (non-hydrogen) atoms. The fraction of sp³-hybridized carbons (Fsp3) is 0.133. The van der Waals surface area contributed by atoms with Crippen LogP contribution in [0.3, 0.4) is 0 Å². The normalized spacial score (nSPS) is 13.4. The number of halogens is 1. The van der Waals surface area contributed by atoms with E-state index in [1.54, 1.807) is 11.8 Å². The molecule has 0 radical (unpaired) electrons. The van der Waals surface area contributed by atoms with Gasteiger partial charge in [-0.3, -0.25) is 4.79 Å². The van der Waals surface area contributed by atoms with Crippen molar-refractivity contribution in [1.29, 1.82) is 0 Å². The number of rotatable bonds is 2. The number of ketones is 1. The lowest BCUT2D eigenvalue weighted by Gasteiger charge is -2.07. The predicted octanol–water partition coefficient (Wildman–Crippen LogP) is 4.22. The SMILES string of the molecule is O=C(c1ccccc1)c1ccc2c(c1Cl)CCS2. The van der Waals surface area contributed by atoms with Gasteiger partial charge < -0.3 is 0 Å². The second kappa shape index (κ2) is 4.79. The van der Waals surface area contributed by atoms with Gasteiger partial charge in [-0.05, 0) is 24.1 Å². The standard InChI is InChI=1S/C15H11ClOS/c16-14-11-8-9-18-13(11)7-6-12(14)15(17)10-4-2-1-3-5-10/h1-7H,8-9H2. The Bertz CT molecular complexity index is 607. The Morgan fingerprint density at radius 3 is 2.67 bits per heavy atom. The molecule has 0 aliphatic carbocycles. The van der Waals surface area contributed by atoms with Gasteiger partial charge in [0.2, 0.25) is 0 Å². The van der Waals surface area contributed by atoms with Gasteiger partial charge in [-0.25, -0.2) is 0 Å².